The van der Waals surface area contributed by atoms with Crippen LogP contribution in [0.2, 0.25) is 0 Å². The van der Waals surface area contributed by atoms with Crippen LogP contribution < -0.4 is 5.32 Å². The minimum atomic E-state index is 0.0518. The van der Waals surface area contributed by atoms with Crippen LogP contribution in [0.1, 0.15) is 23.6 Å². The molecule has 1 saturated heterocycles. The van der Waals surface area contributed by atoms with Crippen LogP contribution in [0.3, 0.4) is 0 Å². The Kier molecular flexibility index (Phi) is 2.81. The highest BCUT2D eigenvalue weighted by Gasteiger charge is 2.32. The van der Waals surface area contributed by atoms with E-state index in [0.29, 0.717) is 0 Å². The molecule has 1 aliphatic heterocycles. The predicted molar refractivity (Wildman–Crippen MR) is 62.0 cm³/mol. The monoisotopic (exact) mass is 205 g/mol. The van der Waals surface area contributed by atoms with Crippen LogP contribution in [-0.4, -0.2) is 18.7 Å². The van der Waals surface area contributed by atoms with Gasteiger partial charge in [-0.25, -0.2) is 0 Å². The molecule has 15 heavy (non-hydrogen) atoms. The minimum absolute atomic E-state index is 0.0518. The SMILES string of the molecule is Cc1ccc(C)c(COC2(C)CNC2)c1. The van der Waals surface area contributed by atoms with Crippen molar-refractivity contribution in [1.29, 1.82) is 0 Å². The number of hydrogen-bond donors (Lipinski definition) is 1. The smallest absolute Gasteiger partial charge is 0.0906 e. The first kappa shape index (κ1) is 10.7. The van der Waals surface area contributed by atoms with Crippen LogP contribution in [0.25, 0.3) is 0 Å². The summed E-state index contributed by atoms with van der Waals surface area (Å²) in [6, 6.07) is 6.52. The van der Waals surface area contributed by atoms with E-state index in [1.165, 1.54) is 16.7 Å². The highest BCUT2D eigenvalue weighted by atomic mass is 16.5. The molecule has 1 heterocycles. The molecule has 1 aromatic carbocycles. The number of ether oxygens (including phenoxy) is 1. The summed E-state index contributed by atoms with van der Waals surface area (Å²) in [7, 11) is 0. The molecule has 0 aliphatic carbocycles. The summed E-state index contributed by atoms with van der Waals surface area (Å²) in [5, 5.41) is 3.24. The maximum absolute atomic E-state index is 5.92. The molecule has 0 saturated carbocycles. The highest BCUT2D eigenvalue weighted by Crippen LogP contribution is 2.19. The van der Waals surface area contributed by atoms with Gasteiger partial charge in [-0.15, -0.1) is 0 Å². The second-order valence-electron chi connectivity index (χ2n) is 4.77. The summed E-state index contributed by atoms with van der Waals surface area (Å²) >= 11 is 0. The molecule has 1 fully saturated rings. The molecular formula is C13H19NO. The predicted octanol–water partition coefficient (Wildman–Crippen LogP) is 2.18. The van der Waals surface area contributed by atoms with E-state index in [-0.39, 0.29) is 5.60 Å². The van der Waals surface area contributed by atoms with Gasteiger partial charge in [0.15, 0.2) is 0 Å². The van der Waals surface area contributed by atoms with Crippen molar-refractivity contribution in [3.05, 3.63) is 34.9 Å². The fraction of sp³-hybridized carbons (Fsp3) is 0.538. The Balaban J connectivity index is 2.01. The Labute approximate surface area is 91.6 Å². The van der Waals surface area contributed by atoms with Gasteiger partial charge in [-0.2, -0.15) is 0 Å². The van der Waals surface area contributed by atoms with E-state index >= 15 is 0 Å². The average Bonchev–Trinajstić information content (AvgIpc) is 2.17. The molecule has 0 spiro atoms. The molecule has 2 nitrogen and oxygen atoms in total. The molecule has 2 heteroatoms. The van der Waals surface area contributed by atoms with E-state index < -0.39 is 0 Å². The Morgan fingerprint density at radius 1 is 1.33 bits per heavy atom. The lowest BCUT2D eigenvalue weighted by molar-refractivity contribution is -0.0768. The Morgan fingerprint density at radius 2 is 2.07 bits per heavy atom. The van der Waals surface area contributed by atoms with Gasteiger partial charge in [0.25, 0.3) is 0 Å². The first-order valence-corrected chi connectivity index (χ1v) is 5.50. The van der Waals surface area contributed by atoms with Crippen molar-refractivity contribution in [1.82, 2.24) is 5.32 Å². The number of nitrogens with one attached hydrogen (secondary N) is 1. The summed E-state index contributed by atoms with van der Waals surface area (Å²) in [4.78, 5) is 0. The van der Waals surface area contributed by atoms with Crippen molar-refractivity contribution in [2.75, 3.05) is 13.1 Å². The van der Waals surface area contributed by atoms with Crippen molar-refractivity contribution < 1.29 is 4.74 Å². The molecule has 1 aromatic rings. The number of aryl methyl sites for hydroxylation is 2. The van der Waals surface area contributed by atoms with Crippen LogP contribution in [0.5, 0.6) is 0 Å². The summed E-state index contributed by atoms with van der Waals surface area (Å²) in [6.45, 7) is 9.09. The molecule has 0 aromatic heterocycles. The van der Waals surface area contributed by atoms with Gasteiger partial charge in [0.2, 0.25) is 0 Å². The Bertz CT molecular complexity index is 356. The lowest BCUT2D eigenvalue weighted by Crippen LogP contribution is -2.58. The zero-order chi connectivity index (χ0) is 10.9. The fourth-order valence-electron chi connectivity index (χ4n) is 1.79. The Morgan fingerprint density at radius 3 is 2.67 bits per heavy atom. The van der Waals surface area contributed by atoms with Crippen LogP contribution in [-0.2, 0) is 11.3 Å². The number of rotatable bonds is 3. The molecule has 0 amide bonds. The summed E-state index contributed by atoms with van der Waals surface area (Å²) < 4.78 is 5.92. The largest absolute Gasteiger partial charge is 0.368 e. The molecule has 0 atom stereocenters. The Hall–Kier alpha value is -0.860. The maximum atomic E-state index is 5.92. The van der Waals surface area contributed by atoms with Gasteiger partial charge in [-0.1, -0.05) is 23.8 Å². The summed E-state index contributed by atoms with van der Waals surface area (Å²) in [5.74, 6) is 0. The molecule has 0 unspecified atom stereocenters. The fourth-order valence-corrected chi connectivity index (χ4v) is 1.79. The van der Waals surface area contributed by atoms with Gasteiger partial charge in [-0.05, 0) is 31.9 Å². The first-order chi connectivity index (χ1) is 7.09. The molecule has 1 aliphatic rings. The second kappa shape index (κ2) is 3.95. The quantitative estimate of drug-likeness (QED) is 0.816. The zero-order valence-electron chi connectivity index (χ0n) is 9.76. The van der Waals surface area contributed by atoms with Gasteiger partial charge < -0.3 is 10.1 Å². The van der Waals surface area contributed by atoms with Crippen molar-refractivity contribution in [2.45, 2.75) is 33.0 Å². The molecule has 2 rings (SSSR count). The van der Waals surface area contributed by atoms with E-state index in [0.717, 1.165) is 19.7 Å². The van der Waals surface area contributed by atoms with E-state index in [1.54, 1.807) is 0 Å². The topological polar surface area (TPSA) is 21.3 Å². The van der Waals surface area contributed by atoms with Gasteiger partial charge in [0.1, 0.15) is 0 Å². The van der Waals surface area contributed by atoms with Crippen molar-refractivity contribution >= 4 is 0 Å². The molecule has 0 bridgehead atoms. The molecule has 0 radical (unpaired) electrons. The third kappa shape index (κ3) is 2.39. The van der Waals surface area contributed by atoms with Crippen molar-refractivity contribution in [2.24, 2.45) is 0 Å². The lowest BCUT2D eigenvalue weighted by atomic mass is 9.99. The number of hydrogen-bond acceptors (Lipinski definition) is 2. The van der Waals surface area contributed by atoms with Gasteiger partial charge in [0.05, 0.1) is 12.2 Å². The third-order valence-electron chi connectivity index (χ3n) is 3.08. The molecular weight excluding hydrogens is 186 g/mol. The second-order valence-corrected chi connectivity index (χ2v) is 4.77. The third-order valence-corrected chi connectivity index (χ3v) is 3.08. The van der Waals surface area contributed by atoms with Crippen molar-refractivity contribution in [3.8, 4) is 0 Å². The summed E-state index contributed by atoms with van der Waals surface area (Å²) in [5.41, 5.74) is 3.98. The van der Waals surface area contributed by atoms with E-state index in [1.807, 2.05) is 0 Å². The zero-order valence-corrected chi connectivity index (χ0v) is 9.76. The van der Waals surface area contributed by atoms with E-state index in [4.69, 9.17) is 4.74 Å². The van der Waals surface area contributed by atoms with Crippen LogP contribution >= 0.6 is 0 Å². The van der Waals surface area contributed by atoms with E-state index in [2.05, 4.69) is 44.3 Å². The van der Waals surface area contributed by atoms with E-state index in [9.17, 15) is 0 Å². The lowest BCUT2D eigenvalue weighted by Gasteiger charge is -2.39. The first-order valence-electron chi connectivity index (χ1n) is 5.50. The molecule has 82 valence electrons. The van der Waals surface area contributed by atoms with Crippen LogP contribution in [0.15, 0.2) is 18.2 Å². The average molecular weight is 205 g/mol. The normalized spacial score (nSPS) is 18.6. The van der Waals surface area contributed by atoms with Crippen molar-refractivity contribution in [3.63, 3.8) is 0 Å². The van der Waals surface area contributed by atoms with Gasteiger partial charge in [0, 0.05) is 13.1 Å². The van der Waals surface area contributed by atoms with Crippen LogP contribution in [0.4, 0.5) is 0 Å². The summed E-state index contributed by atoms with van der Waals surface area (Å²) in [6.07, 6.45) is 0. The van der Waals surface area contributed by atoms with Gasteiger partial charge in [-0.3, -0.25) is 0 Å². The standard InChI is InChI=1S/C13H19NO/c1-10-4-5-11(2)12(6-10)7-15-13(3)8-14-9-13/h4-6,14H,7-9H2,1-3H3. The van der Waals surface area contributed by atoms with Gasteiger partial charge >= 0.3 is 0 Å². The van der Waals surface area contributed by atoms with Crippen LogP contribution in [0, 0.1) is 13.8 Å². The highest BCUT2D eigenvalue weighted by molar-refractivity contribution is 5.29. The molecule has 1 N–H and O–H groups in total. The minimum Gasteiger partial charge on any atom is -0.368 e. The number of benzene rings is 1. The maximum Gasteiger partial charge on any atom is 0.0906 e.